The lowest BCUT2D eigenvalue weighted by molar-refractivity contribution is 0.109. The molecule has 3 aliphatic rings. The highest BCUT2D eigenvalue weighted by molar-refractivity contribution is 5.84. The van der Waals surface area contributed by atoms with E-state index in [1.165, 1.54) is 6.20 Å². The Labute approximate surface area is 191 Å². The van der Waals surface area contributed by atoms with E-state index in [1.54, 1.807) is 12.1 Å². The van der Waals surface area contributed by atoms with Crippen LogP contribution in [0.3, 0.4) is 0 Å². The van der Waals surface area contributed by atoms with E-state index in [0.717, 1.165) is 36.3 Å². The summed E-state index contributed by atoms with van der Waals surface area (Å²) >= 11 is 0. The second-order valence-corrected chi connectivity index (χ2v) is 9.00. The van der Waals surface area contributed by atoms with Gasteiger partial charge in [0.1, 0.15) is 23.7 Å². The van der Waals surface area contributed by atoms with Crippen LogP contribution < -0.4 is 15.4 Å². The number of fused-ring (bicyclic) bond motifs is 4. The molecule has 8 heteroatoms. The zero-order valence-electron chi connectivity index (χ0n) is 18.3. The molecular weight excluding hydrogens is 421 g/mol. The quantitative estimate of drug-likeness (QED) is 0.603. The number of nitrogens with two attached hydrogens (primary N) is 1. The predicted octanol–water partition coefficient (Wildman–Crippen LogP) is 3.87. The standard InChI is InChI=1S/C25H24FN5O2/c1-15-6-8-31(12-15)17-10-20-24(29-11-17)33-21-5-4-16(18-3-2-7-28-23(18)26)9-19(21)25(20)14-32-13-22(27)30-25/h2-5,7,9-11,15H,6,8,12-14H2,1H3,(H2,27,30)/t15-,25+/m1/s1. The topological polar surface area (TPSA) is 85.9 Å². The molecule has 0 aliphatic carbocycles. The average molecular weight is 445 g/mol. The van der Waals surface area contributed by atoms with E-state index in [-0.39, 0.29) is 13.2 Å². The molecule has 0 amide bonds. The fourth-order valence-corrected chi connectivity index (χ4v) is 5.01. The number of hydrogen-bond donors (Lipinski definition) is 1. The van der Waals surface area contributed by atoms with Crippen LogP contribution in [0.15, 0.2) is 53.8 Å². The number of pyridine rings is 2. The van der Waals surface area contributed by atoms with Crippen LogP contribution in [-0.4, -0.2) is 42.1 Å². The first-order chi connectivity index (χ1) is 16.0. The highest BCUT2D eigenvalue weighted by Crippen LogP contribution is 2.51. The minimum Gasteiger partial charge on any atom is -0.438 e. The van der Waals surface area contributed by atoms with Crippen molar-refractivity contribution in [3.8, 4) is 22.8 Å². The summed E-state index contributed by atoms with van der Waals surface area (Å²) in [5.41, 5.74) is 8.96. The van der Waals surface area contributed by atoms with Crippen molar-refractivity contribution in [2.45, 2.75) is 18.9 Å². The van der Waals surface area contributed by atoms with Crippen molar-refractivity contribution in [1.82, 2.24) is 9.97 Å². The number of aromatic nitrogens is 2. The molecule has 0 radical (unpaired) electrons. The Morgan fingerprint density at radius 3 is 2.88 bits per heavy atom. The lowest BCUT2D eigenvalue weighted by Crippen LogP contribution is -2.42. The number of benzene rings is 1. The maximum Gasteiger partial charge on any atom is 0.225 e. The molecule has 1 saturated heterocycles. The summed E-state index contributed by atoms with van der Waals surface area (Å²) in [6, 6.07) is 11.0. The highest BCUT2D eigenvalue weighted by Gasteiger charge is 2.46. The zero-order chi connectivity index (χ0) is 22.6. The minimum atomic E-state index is -0.922. The van der Waals surface area contributed by atoms with Gasteiger partial charge >= 0.3 is 0 Å². The number of halogens is 1. The van der Waals surface area contributed by atoms with Gasteiger partial charge in [-0.1, -0.05) is 13.0 Å². The molecule has 0 bridgehead atoms. The van der Waals surface area contributed by atoms with E-state index < -0.39 is 11.5 Å². The molecule has 6 rings (SSSR count). The molecule has 2 N–H and O–H groups in total. The van der Waals surface area contributed by atoms with Crippen molar-refractivity contribution in [1.29, 1.82) is 0 Å². The van der Waals surface area contributed by atoms with Crippen molar-refractivity contribution >= 4 is 11.5 Å². The van der Waals surface area contributed by atoms with Gasteiger partial charge in [-0.2, -0.15) is 4.39 Å². The molecule has 7 nitrogen and oxygen atoms in total. The van der Waals surface area contributed by atoms with Crippen LogP contribution in [0.25, 0.3) is 11.1 Å². The molecule has 3 aromatic rings. The van der Waals surface area contributed by atoms with Gasteiger partial charge in [-0.05, 0) is 48.2 Å². The Kier molecular flexibility index (Phi) is 4.58. The third-order valence-electron chi connectivity index (χ3n) is 6.67. The van der Waals surface area contributed by atoms with Gasteiger partial charge in [0.25, 0.3) is 0 Å². The van der Waals surface area contributed by atoms with Crippen LogP contribution in [0.4, 0.5) is 10.1 Å². The molecule has 2 atom stereocenters. The third kappa shape index (κ3) is 3.24. The molecule has 1 spiro atoms. The van der Waals surface area contributed by atoms with Gasteiger partial charge in [0, 0.05) is 30.4 Å². The summed E-state index contributed by atoms with van der Waals surface area (Å²) in [4.78, 5) is 15.7. The molecule has 1 fully saturated rings. The second-order valence-electron chi connectivity index (χ2n) is 9.00. The van der Waals surface area contributed by atoms with Crippen LogP contribution >= 0.6 is 0 Å². The first-order valence-corrected chi connectivity index (χ1v) is 11.1. The molecule has 5 heterocycles. The number of nitrogens with zero attached hydrogens (tertiary/aromatic N) is 4. The van der Waals surface area contributed by atoms with E-state index in [0.29, 0.717) is 34.5 Å². The Hall–Kier alpha value is -3.52. The fourth-order valence-electron chi connectivity index (χ4n) is 5.01. The van der Waals surface area contributed by atoms with Gasteiger partial charge in [0.05, 0.1) is 24.1 Å². The number of aliphatic imine (C=N–C) groups is 1. The summed E-state index contributed by atoms with van der Waals surface area (Å²) in [6.07, 6.45) is 4.44. The minimum absolute atomic E-state index is 0.265. The Balaban J connectivity index is 1.54. The summed E-state index contributed by atoms with van der Waals surface area (Å²) in [7, 11) is 0. The van der Waals surface area contributed by atoms with Crippen LogP contribution in [-0.2, 0) is 10.3 Å². The highest BCUT2D eigenvalue weighted by atomic mass is 19.1. The van der Waals surface area contributed by atoms with Crippen molar-refractivity contribution < 1.29 is 13.9 Å². The molecule has 33 heavy (non-hydrogen) atoms. The molecule has 3 aliphatic heterocycles. The van der Waals surface area contributed by atoms with Crippen molar-refractivity contribution in [3.63, 3.8) is 0 Å². The number of amidine groups is 1. The number of hydrogen-bond acceptors (Lipinski definition) is 7. The maximum absolute atomic E-state index is 14.5. The fraction of sp³-hybridized carbons (Fsp3) is 0.320. The van der Waals surface area contributed by atoms with Gasteiger partial charge in [0.2, 0.25) is 11.8 Å². The van der Waals surface area contributed by atoms with Crippen LogP contribution in [0.5, 0.6) is 11.6 Å². The van der Waals surface area contributed by atoms with Gasteiger partial charge in [-0.3, -0.25) is 4.99 Å². The average Bonchev–Trinajstić information content (AvgIpc) is 3.26. The van der Waals surface area contributed by atoms with E-state index in [1.807, 2.05) is 24.4 Å². The summed E-state index contributed by atoms with van der Waals surface area (Å²) < 4.78 is 26.6. The Bertz CT molecular complexity index is 1280. The summed E-state index contributed by atoms with van der Waals surface area (Å²) in [5, 5.41) is 0. The van der Waals surface area contributed by atoms with Gasteiger partial charge < -0.3 is 20.1 Å². The smallest absolute Gasteiger partial charge is 0.225 e. The Morgan fingerprint density at radius 1 is 1.18 bits per heavy atom. The lowest BCUT2D eigenvalue weighted by Gasteiger charge is -2.39. The number of ether oxygens (including phenoxy) is 2. The van der Waals surface area contributed by atoms with Crippen molar-refractivity contribution in [3.05, 3.63) is 65.9 Å². The zero-order valence-corrected chi connectivity index (χ0v) is 18.3. The van der Waals surface area contributed by atoms with Crippen molar-refractivity contribution in [2.24, 2.45) is 16.6 Å². The molecule has 2 aromatic heterocycles. The number of rotatable bonds is 2. The normalized spacial score (nSPS) is 23.6. The molecule has 1 aromatic carbocycles. The van der Waals surface area contributed by atoms with Crippen LogP contribution in [0.1, 0.15) is 24.5 Å². The van der Waals surface area contributed by atoms with Gasteiger partial charge in [-0.15, -0.1) is 0 Å². The van der Waals surface area contributed by atoms with Crippen LogP contribution in [0, 0.1) is 11.9 Å². The number of anilines is 1. The van der Waals surface area contributed by atoms with Gasteiger partial charge in [0.15, 0.2) is 0 Å². The van der Waals surface area contributed by atoms with E-state index in [4.69, 9.17) is 20.2 Å². The monoisotopic (exact) mass is 445 g/mol. The van der Waals surface area contributed by atoms with E-state index in [2.05, 4.69) is 27.9 Å². The summed E-state index contributed by atoms with van der Waals surface area (Å²) in [5.74, 6) is 1.60. The maximum atomic E-state index is 14.5. The molecule has 168 valence electrons. The molecular formula is C25H24FN5O2. The third-order valence-corrected chi connectivity index (χ3v) is 6.67. The summed E-state index contributed by atoms with van der Waals surface area (Å²) in [6.45, 7) is 4.78. The Morgan fingerprint density at radius 2 is 2.09 bits per heavy atom. The van der Waals surface area contributed by atoms with Crippen LogP contribution in [0.2, 0.25) is 0 Å². The first kappa shape index (κ1) is 20.1. The molecule has 0 unspecified atom stereocenters. The lowest BCUT2D eigenvalue weighted by atomic mass is 9.80. The SMILES string of the molecule is C[C@@H]1CCN(c2cnc3c(c2)[C@]2(COCC(N)=N2)c2cc(-c4cccnc4F)ccc2O3)C1. The largest absolute Gasteiger partial charge is 0.438 e. The van der Waals surface area contributed by atoms with Crippen molar-refractivity contribution in [2.75, 3.05) is 31.2 Å². The first-order valence-electron chi connectivity index (χ1n) is 11.1. The van der Waals surface area contributed by atoms with Gasteiger partial charge in [-0.25, -0.2) is 9.97 Å². The van der Waals surface area contributed by atoms with E-state index in [9.17, 15) is 4.39 Å². The predicted molar refractivity (Wildman–Crippen MR) is 123 cm³/mol. The molecule has 0 saturated carbocycles. The van der Waals surface area contributed by atoms with E-state index >= 15 is 0 Å². The second kappa shape index (κ2) is 7.52.